The summed E-state index contributed by atoms with van der Waals surface area (Å²) in [5.41, 5.74) is 1.74. The molecule has 2 aromatic rings. The highest BCUT2D eigenvalue weighted by molar-refractivity contribution is 7.99. The van der Waals surface area contributed by atoms with Crippen molar-refractivity contribution in [2.75, 3.05) is 12.4 Å². The molecule has 3 rings (SSSR count). The van der Waals surface area contributed by atoms with Crippen molar-refractivity contribution in [3.63, 3.8) is 0 Å². The number of carbonyl (C=O) groups is 1. The van der Waals surface area contributed by atoms with E-state index in [-0.39, 0.29) is 0 Å². The predicted octanol–water partition coefficient (Wildman–Crippen LogP) is 4.50. The van der Waals surface area contributed by atoms with Crippen molar-refractivity contribution < 1.29 is 18.8 Å². The van der Waals surface area contributed by atoms with Gasteiger partial charge in [0.05, 0.1) is 17.8 Å². The van der Waals surface area contributed by atoms with Crippen LogP contribution in [0.4, 0.5) is 0 Å². The van der Waals surface area contributed by atoms with Gasteiger partial charge in [-0.1, -0.05) is 42.5 Å². The highest BCUT2D eigenvalue weighted by Crippen LogP contribution is 2.37. The highest BCUT2D eigenvalue weighted by atomic mass is 32.2. The summed E-state index contributed by atoms with van der Waals surface area (Å²) in [6.45, 7) is 9.41. The summed E-state index contributed by atoms with van der Waals surface area (Å²) in [6.07, 6.45) is 1.80. The number of carbonyl (C=O) groups excluding carboxylic acids is 1. The van der Waals surface area contributed by atoms with Crippen LogP contribution in [0.5, 0.6) is 0 Å². The second-order valence-corrected chi connectivity index (χ2v) is 9.34. The van der Waals surface area contributed by atoms with Gasteiger partial charge in [0, 0.05) is 28.3 Å². The minimum atomic E-state index is -0.543. The average Bonchev–Trinajstić information content (AvgIpc) is 2.92. The molecular formula is C23H29BO4S. The van der Waals surface area contributed by atoms with Crippen LogP contribution in [0.15, 0.2) is 53.4 Å². The van der Waals surface area contributed by atoms with E-state index >= 15 is 0 Å². The Labute approximate surface area is 178 Å². The van der Waals surface area contributed by atoms with Gasteiger partial charge in [-0.2, -0.15) is 0 Å². The summed E-state index contributed by atoms with van der Waals surface area (Å²) in [4.78, 5) is 12.7. The first kappa shape index (κ1) is 22.1. The van der Waals surface area contributed by atoms with Crippen LogP contribution in [-0.2, 0) is 20.7 Å². The Kier molecular flexibility index (Phi) is 7.22. The standard InChI is InChI=1S/C23H29BO4S/c1-22(2)23(3,4)28-24(27-22)21-19(16-25)12-8-13-20(21)29-15-9-14-26-17-18-10-6-5-7-11-18/h5-8,10-13,16H,9,14-15,17H2,1-4H3. The van der Waals surface area contributed by atoms with Crippen LogP contribution in [0.1, 0.15) is 50.0 Å². The Morgan fingerprint density at radius 3 is 2.34 bits per heavy atom. The monoisotopic (exact) mass is 412 g/mol. The van der Waals surface area contributed by atoms with Gasteiger partial charge in [0.25, 0.3) is 0 Å². The third-order valence-electron chi connectivity index (χ3n) is 5.52. The fourth-order valence-corrected chi connectivity index (χ4v) is 4.14. The molecule has 1 fully saturated rings. The Morgan fingerprint density at radius 1 is 1.00 bits per heavy atom. The lowest BCUT2D eigenvalue weighted by Gasteiger charge is -2.32. The Hall–Kier alpha value is -1.60. The molecule has 29 heavy (non-hydrogen) atoms. The van der Waals surface area contributed by atoms with Gasteiger partial charge in [0.2, 0.25) is 0 Å². The molecule has 0 saturated carbocycles. The third kappa shape index (κ3) is 5.31. The van der Waals surface area contributed by atoms with Gasteiger partial charge in [-0.3, -0.25) is 4.79 Å². The zero-order valence-corrected chi connectivity index (χ0v) is 18.5. The third-order valence-corrected chi connectivity index (χ3v) is 6.68. The van der Waals surface area contributed by atoms with Crippen molar-refractivity contribution in [3.8, 4) is 0 Å². The lowest BCUT2D eigenvalue weighted by Crippen LogP contribution is -2.41. The van der Waals surface area contributed by atoms with Gasteiger partial charge < -0.3 is 14.0 Å². The fraction of sp³-hybridized carbons (Fsp3) is 0.435. The molecule has 0 aromatic heterocycles. The molecule has 1 aliphatic heterocycles. The van der Waals surface area contributed by atoms with Crippen molar-refractivity contribution in [3.05, 3.63) is 59.7 Å². The Balaban J connectivity index is 1.59. The minimum absolute atomic E-state index is 0.444. The van der Waals surface area contributed by atoms with Crippen molar-refractivity contribution in [2.24, 2.45) is 0 Å². The van der Waals surface area contributed by atoms with Crippen LogP contribution in [0, 0.1) is 0 Å². The van der Waals surface area contributed by atoms with Gasteiger partial charge in [0.15, 0.2) is 0 Å². The number of hydrogen-bond donors (Lipinski definition) is 0. The first-order valence-electron chi connectivity index (χ1n) is 10.0. The van der Waals surface area contributed by atoms with Crippen LogP contribution in [0.25, 0.3) is 0 Å². The second kappa shape index (κ2) is 9.48. The van der Waals surface area contributed by atoms with Crippen LogP contribution in [-0.4, -0.2) is 37.0 Å². The van der Waals surface area contributed by atoms with Gasteiger partial charge in [-0.25, -0.2) is 0 Å². The normalized spacial score (nSPS) is 17.4. The summed E-state index contributed by atoms with van der Waals surface area (Å²) in [6, 6.07) is 15.9. The molecule has 0 atom stereocenters. The smallest absolute Gasteiger partial charge is 0.399 e. The van der Waals surface area contributed by atoms with E-state index in [1.54, 1.807) is 11.8 Å². The van der Waals surface area contributed by atoms with Gasteiger partial charge in [-0.15, -0.1) is 11.8 Å². The van der Waals surface area contributed by atoms with E-state index in [4.69, 9.17) is 14.0 Å². The highest BCUT2D eigenvalue weighted by Gasteiger charge is 2.52. The molecule has 1 aliphatic rings. The SMILES string of the molecule is CC1(C)OB(c2c(C=O)cccc2SCCCOCc2ccccc2)OC1(C)C. The number of ether oxygens (including phenoxy) is 1. The van der Waals surface area contributed by atoms with Crippen molar-refractivity contribution in [1.29, 1.82) is 0 Å². The molecule has 0 radical (unpaired) electrons. The molecule has 2 aromatic carbocycles. The van der Waals surface area contributed by atoms with Crippen LogP contribution < -0.4 is 5.46 Å². The molecule has 1 saturated heterocycles. The number of benzene rings is 2. The molecule has 0 aliphatic carbocycles. The summed E-state index contributed by atoms with van der Waals surface area (Å²) in [7, 11) is -0.543. The molecule has 154 valence electrons. The van der Waals surface area contributed by atoms with E-state index in [1.807, 2.05) is 64.1 Å². The maximum absolute atomic E-state index is 11.7. The molecular weight excluding hydrogens is 383 g/mol. The van der Waals surface area contributed by atoms with Crippen molar-refractivity contribution in [2.45, 2.75) is 56.8 Å². The van der Waals surface area contributed by atoms with E-state index in [9.17, 15) is 4.79 Å². The van der Waals surface area contributed by atoms with E-state index in [1.165, 1.54) is 5.56 Å². The zero-order chi connectivity index (χ0) is 20.9. The van der Waals surface area contributed by atoms with Crippen LogP contribution in [0.2, 0.25) is 0 Å². The summed E-state index contributed by atoms with van der Waals surface area (Å²) >= 11 is 1.71. The first-order chi connectivity index (χ1) is 13.8. The topological polar surface area (TPSA) is 44.8 Å². The Morgan fingerprint density at radius 2 is 1.69 bits per heavy atom. The predicted molar refractivity (Wildman–Crippen MR) is 119 cm³/mol. The molecule has 4 nitrogen and oxygen atoms in total. The molecule has 0 unspecified atom stereocenters. The van der Waals surface area contributed by atoms with Crippen LogP contribution in [0.3, 0.4) is 0 Å². The van der Waals surface area contributed by atoms with Gasteiger partial charge >= 0.3 is 7.12 Å². The Bertz CT molecular complexity index is 807. The molecule has 6 heteroatoms. The summed E-state index contributed by atoms with van der Waals surface area (Å²) < 4.78 is 18.2. The maximum atomic E-state index is 11.7. The van der Waals surface area contributed by atoms with Crippen molar-refractivity contribution in [1.82, 2.24) is 0 Å². The minimum Gasteiger partial charge on any atom is -0.399 e. The molecule has 0 bridgehead atoms. The van der Waals surface area contributed by atoms with E-state index in [0.717, 1.165) is 28.8 Å². The second-order valence-electron chi connectivity index (χ2n) is 8.21. The molecule has 0 N–H and O–H groups in total. The summed E-state index contributed by atoms with van der Waals surface area (Å²) in [5, 5.41) is 0. The van der Waals surface area contributed by atoms with E-state index in [2.05, 4.69) is 12.1 Å². The van der Waals surface area contributed by atoms with E-state index in [0.29, 0.717) is 18.8 Å². The number of aldehydes is 1. The van der Waals surface area contributed by atoms with Gasteiger partial charge in [0.1, 0.15) is 6.29 Å². The maximum Gasteiger partial charge on any atom is 0.496 e. The molecule has 0 spiro atoms. The number of rotatable bonds is 9. The average molecular weight is 412 g/mol. The molecule has 0 amide bonds. The molecule has 1 heterocycles. The quantitative estimate of drug-likeness (QED) is 0.263. The number of hydrogen-bond acceptors (Lipinski definition) is 5. The van der Waals surface area contributed by atoms with E-state index < -0.39 is 18.3 Å². The first-order valence-corrected chi connectivity index (χ1v) is 11.0. The van der Waals surface area contributed by atoms with Crippen LogP contribution >= 0.6 is 11.8 Å². The fourth-order valence-electron chi connectivity index (χ4n) is 3.11. The van der Waals surface area contributed by atoms with Crippen molar-refractivity contribution >= 4 is 30.6 Å². The lowest BCUT2D eigenvalue weighted by atomic mass is 9.76. The summed E-state index contributed by atoms with van der Waals surface area (Å²) in [5.74, 6) is 0.892. The van der Waals surface area contributed by atoms with Gasteiger partial charge in [-0.05, 0) is 45.7 Å². The number of thioether (sulfide) groups is 1. The zero-order valence-electron chi connectivity index (χ0n) is 17.6. The lowest BCUT2D eigenvalue weighted by molar-refractivity contribution is 0.00578. The largest absolute Gasteiger partial charge is 0.496 e.